The molecule has 3 fully saturated rings. The summed E-state index contributed by atoms with van der Waals surface area (Å²) in [5.41, 5.74) is -1.72. The minimum atomic E-state index is -4.67. The van der Waals surface area contributed by atoms with Gasteiger partial charge in [-0.15, -0.1) is 39.7 Å². The molecule has 0 radical (unpaired) electrons. The molecule has 3 aliphatic heterocycles. The van der Waals surface area contributed by atoms with E-state index in [4.69, 9.17) is 44.5 Å². The highest BCUT2D eigenvalue weighted by Crippen LogP contribution is 2.52. The Kier molecular flexibility index (Phi) is 10.1. The van der Waals surface area contributed by atoms with Crippen molar-refractivity contribution < 1.29 is 58.9 Å². The number of thiophene rings is 2. The van der Waals surface area contributed by atoms with E-state index < -0.39 is 32.4 Å². The Morgan fingerprint density at radius 1 is 0.946 bits per heavy atom. The molecular weight excluding hydrogens is 642 g/mol. The van der Waals surface area contributed by atoms with Crippen LogP contribution < -0.4 is 0 Å². The number of carbonyl (C=O) groups is 1. The third-order valence-electron chi connectivity index (χ3n) is 6.36. The third kappa shape index (κ3) is 7.99. The summed E-state index contributed by atoms with van der Waals surface area (Å²) in [6, 6.07) is 8.01. The summed E-state index contributed by atoms with van der Waals surface area (Å²) in [7, 11) is -4.84. The molecule has 5 heterocycles. The van der Waals surface area contributed by atoms with Crippen molar-refractivity contribution in [2.75, 3.05) is 14.1 Å². The molecule has 2 aromatic heterocycles. The van der Waals surface area contributed by atoms with Gasteiger partial charge < -0.3 is 19.1 Å². The Morgan fingerprint density at radius 2 is 1.32 bits per heavy atom. The van der Waals surface area contributed by atoms with Crippen molar-refractivity contribution in [3.8, 4) is 0 Å². The Morgan fingerprint density at radius 3 is 1.65 bits per heavy atom. The average molecular weight is 670 g/mol. The van der Waals surface area contributed by atoms with E-state index in [2.05, 4.69) is 14.1 Å². The first-order valence-electron chi connectivity index (χ1n) is 10.3. The molecule has 13 nitrogen and oxygen atoms in total. The quantitative estimate of drug-likeness (QED) is 0.136. The van der Waals surface area contributed by atoms with Gasteiger partial charge in [-0.2, -0.15) is 16.8 Å². The van der Waals surface area contributed by atoms with E-state index in [0.717, 1.165) is 17.3 Å². The van der Waals surface area contributed by atoms with Gasteiger partial charge in [-0.3, -0.25) is 18.2 Å². The number of aliphatic hydroxyl groups is 1. The normalized spacial score (nSPS) is 27.3. The Labute approximate surface area is 232 Å². The number of piperidine rings is 1. The number of ether oxygens (including phenoxy) is 2. The van der Waals surface area contributed by atoms with E-state index in [1.54, 1.807) is 12.1 Å². The Balaban J connectivity index is 0.000000377. The fourth-order valence-corrected chi connectivity index (χ4v) is 6.54. The van der Waals surface area contributed by atoms with Crippen molar-refractivity contribution in [2.45, 2.75) is 48.8 Å². The van der Waals surface area contributed by atoms with Gasteiger partial charge >= 0.3 is 26.8 Å². The number of carbonyl (C=O) groups excluding carboxylic acids is 1. The number of esters is 1. The molecule has 0 saturated carbocycles. The van der Waals surface area contributed by atoms with Crippen molar-refractivity contribution >= 4 is 66.4 Å². The molecule has 5 rings (SSSR count). The summed E-state index contributed by atoms with van der Waals surface area (Å²) in [5.74, 6) is -0.561. The highest BCUT2D eigenvalue weighted by Gasteiger charge is 2.71. The van der Waals surface area contributed by atoms with E-state index in [0.29, 0.717) is 34.0 Å². The highest BCUT2D eigenvalue weighted by atomic mass is 79.9. The minimum absolute atomic E-state index is 0. The van der Waals surface area contributed by atoms with Crippen LogP contribution in [-0.2, 0) is 40.7 Å². The van der Waals surface area contributed by atoms with E-state index in [1.807, 2.05) is 22.9 Å². The van der Waals surface area contributed by atoms with Crippen LogP contribution in [-0.4, -0.2) is 95.1 Å². The van der Waals surface area contributed by atoms with Gasteiger partial charge in [0, 0.05) is 12.8 Å². The molecule has 210 valence electrons. The van der Waals surface area contributed by atoms with Crippen LogP contribution in [0.1, 0.15) is 22.6 Å². The lowest BCUT2D eigenvalue weighted by Gasteiger charge is -2.45. The summed E-state index contributed by atoms with van der Waals surface area (Å²) in [5, 5.41) is 15.1. The molecule has 0 spiro atoms. The molecule has 0 amide bonds. The average Bonchev–Trinajstić information content (AvgIpc) is 3.07. The van der Waals surface area contributed by atoms with Crippen molar-refractivity contribution in [1.82, 2.24) is 0 Å². The monoisotopic (exact) mass is 668 g/mol. The molecule has 2 bridgehead atoms. The summed E-state index contributed by atoms with van der Waals surface area (Å²) >= 11 is 2.74. The number of rotatable bonds is 4. The van der Waals surface area contributed by atoms with Gasteiger partial charge in [0.05, 0.1) is 23.8 Å². The van der Waals surface area contributed by atoms with Crippen LogP contribution in [0.15, 0.2) is 35.0 Å². The number of fused-ring (bicyclic) bond motifs is 5. The van der Waals surface area contributed by atoms with Gasteiger partial charge in [-0.25, -0.2) is 4.79 Å². The first-order valence-corrected chi connectivity index (χ1v) is 14.9. The second-order valence-electron chi connectivity index (χ2n) is 8.89. The van der Waals surface area contributed by atoms with Gasteiger partial charge in [0.25, 0.3) is 0 Å². The number of halogens is 1. The zero-order chi connectivity index (χ0) is 27.1. The smallest absolute Gasteiger partial charge is 0.394 e. The maximum atomic E-state index is 13.1. The number of morpholine rings is 1. The van der Waals surface area contributed by atoms with Gasteiger partial charge in [-0.05, 0) is 22.9 Å². The van der Waals surface area contributed by atoms with E-state index in [-0.39, 0.29) is 23.1 Å². The predicted molar refractivity (Wildman–Crippen MR) is 138 cm³/mol. The maximum Gasteiger partial charge on any atom is 0.394 e. The van der Waals surface area contributed by atoms with Crippen molar-refractivity contribution in [3.05, 3.63) is 44.8 Å². The fraction of sp³-hybridized carbons (Fsp3) is 0.526. The molecule has 37 heavy (non-hydrogen) atoms. The molecular formula is C19H27BrNO12S4+. The zero-order valence-corrected chi connectivity index (χ0v) is 24.3. The second-order valence-corrected chi connectivity index (χ2v) is 12.6. The van der Waals surface area contributed by atoms with Crippen LogP contribution in [0.4, 0.5) is 0 Å². The lowest BCUT2D eigenvalue weighted by atomic mass is 9.95. The molecule has 3 aliphatic rings. The van der Waals surface area contributed by atoms with Gasteiger partial charge in [0.2, 0.25) is 5.60 Å². The number of quaternary nitrogens is 1. The summed E-state index contributed by atoms with van der Waals surface area (Å²) in [6.07, 6.45) is 2.05. The van der Waals surface area contributed by atoms with E-state index in [1.165, 1.54) is 22.7 Å². The molecule has 18 heteroatoms. The molecule has 5 atom stereocenters. The van der Waals surface area contributed by atoms with Crippen LogP contribution in [0, 0.1) is 0 Å². The molecule has 0 aromatic carbocycles. The number of hydrogen-bond donors (Lipinski definition) is 5. The molecule has 3 saturated heterocycles. The third-order valence-corrected chi connectivity index (χ3v) is 8.32. The Bertz CT molecular complexity index is 1160. The lowest BCUT2D eigenvalue weighted by Crippen LogP contribution is -2.60. The molecule has 0 aliphatic carbocycles. The zero-order valence-electron chi connectivity index (χ0n) is 19.3. The number of nitrogens with zero attached hydrogens (tertiary/aromatic N) is 1. The summed E-state index contributed by atoms with van der Waals surface area (Å²) < 4.78 is 75.8. The van der Waals surface area contributed by atoms with Crippen molar-refractivity contribution in [2.24, 2.45) is 0 Å². The summed E-state index contributed by atoms with van der Waals surface area (Å²) in [6.45, 7) is 0. The van der Waals surface area contributed by atoms with Crippen molar-refractivity contribution in [1.29, 1.82) is 0 Å². The number of epoxide rings is 1. The van der Waals surface area contributed by atoms with Gasteiger partial charge in [0.1, 0.15) is 30.4 Å². The largest absolute Gasteiger partial charge is 0.459 e. The molecule has 5 N–H and O–H groups in total. The van der Waals surface area contributed by atoms with Crippen LogP contribution in [0.25, 0.3) is 0 Å². The Hall–Kier alpha value is -1.03. The standard InChI is InChI=1S/C19H22NO4S2.BrH.2H2O4S/c1-20(2)12-9-11(10-13(20)17-16(12)24-17)23-18(21)19(22,14-5-3-7-25-14)15-6-4-8-26-15;;2*1-5(2,3)4/h3-8,11-13,16-17,22H,9-10H2,1-2H3;1H;2*(H2,1,2,3,4)/q+1;;;/t11?,12-,13+,16-,17+;;;. The van der Waals surface area contributed by atoms with Gasteiger partial charge in [-0.1, -0.05) is 12.1 Å². The van der Waals surface area contributed by atoms with Crippen molar-refractivity contribution in [3.63, 3.8) is 0 Å². The lowest BCUT2D eigenvalue weighted by molar-refractivity contribution is -0.938. The topological polar surface area (TPSA) is 208 Å². The first-order chi connectivity index (χ1) is 16.4. The molecule has 1 unspecified atom stereocenters. The van der Waals surface area contributed by atoms with Crippen LogP contribution >= 0.6 is 39.7 Å². The minimum Gasteiger partial charge on any atom is -0.459 e. The number of hydrogen-bond acceptors (Lipinski definition) is 10. The maximum absolute atomic E-state index is 13.1. The second kappa shape index (κ2) is 11.6. The first kappa shape index (κ1) is 32.2. The van der Waals surface area contributed by atoms with Gasteiger partial charge in [0.15, 0.2) is 0 Å². The molecule has 2 aromatic rings. The van der Waals surface area contributed by atoms with Crippen LogP contribution in [0.2, 0.25) is 0 Å². The summed E-state index contributed by atoms with van der Waals surface area (Å²) in [4.78, 5) is 14.3. The van der Waals surface area contributed by atoms with Crippen LogP contribution in [0.5, 0.6) is 0 Å². The highest BCUT2D eigenvalue weighted by molar-refractivity contribution is 8.93. The van der Waals surface area contributed by atoms with Crippen LogP contribution in [0.3, 0.4) is 0 Å². The fourth-order valence-electron chi connectivity index (χ4n) is 4.83. The number of likely N-dealkylation sites (N-methyl/N-ethyl adjacent to an activating group) is 1. The predicted octanol–water partition coefficient (Wildman–Crippen LogP) is 1.62. The van der Waals surface area contributed by atoms with E-state index in [9.17, 15) is 9.90 Å². The SMILES string of the molecule is Br.C[N+]1(C)[C@@H]2CC(OC(=O)C(O)(c3cccs3)c3cccs3)C[C@H]1[C@@H]1O[C@@H]12.O=S(=O)(O)O.O=S(=O)(O)O. The van der Waals surface area contributed by atoms with E-state index >= 15 is 0 Å².